The maximum absolute atomic E-state index is 13.5. The molecule has 0 radical (unpaired) electrons. The number of fused-ring (bicyclic) bond motifs is 1. The molecule has 10 nitrogen and oxygen atoms in total. The van der Waals surface area contributed by atoms with Crippen molar-refractivity contribution >= 4 is 17.9 Å². The van der Waals surface area contributed by atoms with Gasteiger partial charge in [-0.05, 0) is 58.4 Å². The van der Waals surface area contributed by atoms with Crippen LogP contribution in [0.2, 0.25) is 0 Å². The molecule has 2 aromatic carbocycles. The van der Waals surface area contributed by atoms with Crippen LogP contribution in [0.15, 0.2) is 60.7 Å². The maximum Gasteiger partial charge on any atom is 0.338 e. The summed E-state index contributed by atoms with van der Waals surface area (Å²) in [6.45, 7) is 7.45. The van der Waals surface area contributed by atoms with E-state index in [9.17, 15) is 29.7 Å². The summed E-state index contributed by atoms with van der Waals surface area (Å²) in [7, 11) is 0. The SMILES string of the molecule is CC(=O)OC1C(O)C(C)(O)C23OC(C)(C)C(CC(OC(=O)c4ccccc4)C2(C)C1OC(=O)c1ccccc1)C3O. The van der Waals surface area contributed by atoms with E-state index in [0.29, 0.717) is 0 Å². The number of ether oxygens (including phenoxy) is 4. The third-order valence-corrected chi connectivity index (χ3v) is 9.38. The zero-order valence-electron chi connectivity index (χ0n) is 23.6. The van der Waals surface area contributed by atoms with Gasteiger partial charge in [0, 0.05) is 12.8 Å². The van der Waals surface area contributed by atoms with Crippen molar-refractivity contribution in [3.63, 3.8) is 0 Å². The lowest BCUT2D eigenvalue weighted by atomic mass is 9.46. The highest BCUT2D eigenvalue weighted by Crippen LogP contribution is 2.68. The molecule has 2 aliphatic carbocycles. The summed E-state index contributed by atoms with van der Waals surface area (Å²) in [6, 6.07) is 16.4. The van der Waals surface area contributed by atoms with E-state index in [0.717, 1.165) is 6.92 Å². The van der Waals surface area contributed by atoms with Gasteiger partial charge in [0.05, 0.1) is 28.2 Å². The highest BCUT2D eigenvalue weighted by Gasteiger charge is 2.85. The first-order valence-corrected chi connectivity index (χ1v) is 13.7. The van der Waals surface area contributed by atoms with Crippen molar-refractivity contribution in [3.05, 3.63) is 71.8 Å². The van der Waals surface area contributed by atoms with Crippen LogP contribution in [0.5, 0.6) is 0 Å². The van der Waals surface area contributed by atoms with E-state index in [-0.39, 0.29) is 17.5 Å². The molecule has 9 atom stereocenters. The van der Waals surface area contributed by atoms with Gasteiger partial charge in [0.15, 0.2) is 12.2 Å². The van der Waals surface area contributed by atoms with E-state index in [4.69, 9.17) is 18.9 Å². The first kappa shape index (κ1) is 29.2. The number of esters is 3. The zero-order chi connectivity index (χ0) is 30.0. The van der Waals surface area contributed by atoms with Crippen LogP contribution < -0.4 is 0 Å². The molecule has 41 heavy (non-hydrogen) atoms. The minimum absolute atomic E-state index is 0.0728. The first-order valence-electron chi connectivity index (χ1n) is 13.7. The lowest BCUT2D eigenvalue weighted by Crippen LogP contribution is -2.85. The normalized spacial score (nSPS) is 38.8. The van der Waals surface area contributed by atoms with Gasteiger partial charge in [0.1, 0.15) is 23.4 Å². The van der Waals surface area contributed by atoms with E-state index in [2.05, 4.69) is 0 Å². The molecule has 1 aliphatic heterocycles. The van der Waals surface area contributed by atoms with Gasteiger partial charge in [0.25, 0.3) is 0 Å². The maximum atomic E-state index is 13.5. The van der Waals surface area contributed by atoms with Crippen molar-refractivity contribution < 1.29 is 48.7 Å². The van der Waals surface area contributed by atoms with Gasteiger partial charge in [-0.1, -0.05) is 36.4 Å². The summed E-state index contributed by atoms with van der Waals surface area (Å²) < 4.78 is 24.2. The van der Waals surface area contributed by atoms with Gasteiger partial charge < -0.3 is 34.3 Å². The monoisotopic (exact) mass is 568 g/mol. The first-order chi connectivity index (χ1) is 19.2. The van der Waals surface area contributed by atoms with Gasteiger partial charge in [0.2, 0.25) is 0 Å². The average molecular weight is 569 g/mol. The molecule has 3 fully saturated rings. The van der Waals surface area contributed by atoms with E-state index >= 15 is 0 Å². The number of carbonyl (C=O) groups excluding carboxylic acids is 3. The molecular weight excluding hydrogens is 532 g/mol. The van der Waals surface area contributed by atoms with Crippen molar-refractivity contribution in [1.82, 2.24) is 0 Å². The highest BCUT2D eigenvalue weighted by molar-refractivity contribution is 5.90. The van der Waals surface area contributed by atoms with Crippen LogP contribution in [0.25, 0.3) is 0 Å². The number of benzene rings is 2. The van der Waals surface area contributed by atoms with E-state index in [1.54, 1.807) is 69.3 Å². The summed E-state index contributed by atoms with van der Waals surface area (Å²) in [5.41, 5.74) is -6.62. The number of hydrogen-bond donors (Lipinski definition) is 3. The molecule has 9 unspecified atom stereocenters. The van der Waals surface area contributed by atoms with E-state index in [1.807, 2.05) is 0 Å². The number of aliphatic hydroxyl groups excluding tert-OH is 2. The minimum Gasteiger partial charge on any atom is -0.458 e. The predicted octanol–water partition coefficient (Wildman–Crippen LogP) is 2.43. The van der Waals surface area contributed by atoms with Gasteiger partial charge in [-0.2, -0.15) is 0 Å². The quantitative estimate of drug-likeness (QED) is 0.363. The second-order valence-corrected chi connectivity index (χ2v) is 12.1. The highest BCUT2D eigenvalue weighted by atomic mass is 16.6. The zero-order valence-corrected chi connectivity index (χ0v) is 23.6. The van der Waals surface area contributed by atoms with Crippen molar-refractivity contribution in [3.8, 4) is 0 Å². The summed E-state index contributed by atoms with van der Waals surface area (Å²) in [5.74, 6) is -2.92. The largest absolute Gasteiger partial charge is 0.458 e. The third-order valence-electron chi connectivity index (χ3n) is 9.38. The molecular formula is C31H36O10. The van der Waals surface area contributed by atoms with Gasteiger partial charge in [-0.15, -0.1) is 0 Å². The van der Waals surface area contributed by atoms with Crippen LogP contribution in [0, 0.1) is 11.3 Å². The Bertz CT molecular complexity index is 1320. The Labute approximate surface area is 238 Å². The van der Waals surface area contributed by atoms with Crippen LogP contribution >= 0.6 is 0 Å². The van der Waals surface area contributed by atoms with Crippen LogP contribution in [0.1, 0.15) is 61.8 Å². The molecule has 3 N–H and O–H groups in total. The summed E-state index contributed by atoms with van der Waals surface area (Å²) in [6.07, 6.45) is -7.40. The Hall–Kier alpha value is -3.31. The molecule has 1 spiro atoms. The summed E-state index contributed by atoms with van der Waals surface area (Å²) >= 11 is 0. The van der Waals surface area contributed by atoms with Crippen LogP contribution in [0.3, 0.4) is 0 Å². The van der Waals surface area contributed by atoms with Crippen LogP contribution in [-0.2, 0) is 23.7 Å². The van der Waals surface area contributed by atoms with Crippen molar-refractivity contribution in [2.24, 2.45) is 11.3 Å². The number of carbonyl (C=O) groups is 3. The van der Waals surface area contributed by atoms with Gasteiger partial charge in [-0.25, -0.2) is 9.59 Å². The third kappa shape index (κ3) is 4.19. The van der Waals surface area contributed by atoms with Crippen molar-refractivity contribution in [2.45, 2.75) is 88.4 Å². The van der Waals surface area contributed by atoms with E-state index in [1.165, 1.54) is 19.1 Å². The Morgan fingerprint density at radius 3 is 1.83 bits per heavy atom. The Balaban J connectivity index is 1.71. The molecule has 10 heteroatoms. The second-order valence-electron chi connectivity index (χ2n) is 12.1. The molecule has 5 rings (SSSR count). The molecule has 0 amide bonds. The molecule has 2 aromatic rings. The number of hydrogen-bond acceptors (Lipinski definition) is 10. The number of rotatable bonds is 5. The molecule has 220 valence electrons. The fraction of sp³-hybridized carbons (Fsp3) is 0.516. The Kier molecular flexibility index (Phi) is 7.05. The summed E-state index contributed by atoms with van der Waals surface area (Å²) in [5, 5.41) is 35.6. The fourth-order valence-corrected chi connectivity index (χ4v) is 7.37. The lowest BCUT2D eigenvalue weighted by Gasteiger charge is -2.66. The van der Waals surface area contributed by atoms with Crippen molar-refractivity contribution in [2.75, 3.05) is 0 Å². The molecule has 2 saturated carbocycles. The standard InChI is InChI=1S/C31H36O10/c1-17(32)38-22-24(34)30(5,37)31-23(33)20(28(2,3)41-31)16-21(39-26(35)18-12-8-6-9-13-18)29(31,4)25(22)40-27(36)19-14-10-7-11-15-19/h6-15,20-25,33-34,37H,16H2,1-5H3. The molecule has 1 heterocycles. The van der Waals surface area contributed by atoms with Gasteiger partial charge in [-0.3, -0.25) is 4.79 Å². The Morgan fingerprint density at radius 1 is 0.805 bits per heavy atom. The molecule has 0 aromatic heterocycles. The smallest absolute Gasteiger partial charge is 0.338 e. The summed E-state index contributed by atoms with van der Waals surface area (Å²) in [4.78, 5) is 39.2. The average Bonchev–Trinajstić information content (AvgIpc) is 3.10. The lowest BCUT2D eigenvalue weighted by molar-refractivity contribution is -0.367. The molecule has 1 saturated heterocycles. The van der Waals surface area contributed by atoms with Gasteiger partial charge >= 0.3 is 17.9 Å². The minimum atomic E-state index is -2.26. The van der Waals surface area contributed by atoms with Crippen LogP contribution in [0.4, 0.5) is 0 Å². The van der Waals surface area contributed by atoms with Crippen LogP contribution in [-0.4, -0.2) is 80.6 Å². The molecule has 2 bridgehead atoms. The number of aliphatic hydroxyl groups is 3. The predicted molar refractivity (Wildman–Crippen MR) is 144 cm³/mol. The molecule has 3 aliphatic rings. The topological polar surface area (TPSA) is 149 Å². The Morgan fingerprint density at radius 2 is 1.32 bits per heavy atom. The fourth-order valence-electron chi connectivity index (χ4n) is 7.37. The second kappa shape index (κ2) is 9.90. The van der Waals surface area contributed by atoms with Crippen molar-refractivity contribution in [1.29, 1.82) is 0 Å². The van der Waals surface area contributed by atoms with E-state index < -0.39 is 76.6 Å².